The predicted molar refractivity (Wildman–Crippen MR) is 64.4 cm³/mol. The maximum absolute atomic E-state index is 11.5. The molecule has 94 valence electrons. The maximum atomic E-state index is 11.5. The molecule has 0 aromatic heterocycles. The Bertz CT molecular complexity index is 349. The van der Waals surface area contributed by atoms with E-state index >= 15 is 0 Å². The Morgan fingerprint density at radius 2 is 2.00 bits per heavy atom. The molecule has 1 N–H and O–H groups in total. The number of hydrogen-bond donors (Lipinski definition) is 1. The third kappa shape index (κ3) is 4.39. The summed E-state index contributed by atoms with van der Waals surface area (Å²) in [5.41, 5.74) is -0.361. The number of rotatable bonds is 4. The lowest BCUT2D eigenvalue weighted by atomic mass is 9.92. The number of hydrogen-bond acceptors (Lipinski definition) is 4. The highest BCUT2D eigenvalue weighted by Crippen LogP contribution is 2.22. The molecule has 0 aliphatic carbocycles. The molecule has 16 heavy (non-hydrogen) atoms. The summed E-state index contributed by atoms with van der Waals surface area (Å²) in [5.74, 6) is -0.897. The van der Waals surface area contributed by atoms with Gasteiger partial charge in [0.15, 0.2) is 9.84 Å². The van der Waals surface area contributed by atoms with Crippen LogP contribution in [0.2, 0.25) is 0 Å². The SMILES string of the molecule is CS(=O)(=O)CC(=O)NC1(CBr)CCOCC1. The highest BCUT2D eigenvalue weighted by molar-refractivity contribution is 9.09. The molecule has 1 amide bonds. The van der Waals surface area contributed by atoms with Gasteiger partial charge in [-0.1, -0.05) is 15.9 Å². The molecule has 1 heterocycles. The molecule has 0 aromatic carbocycles. The summed E-state index contributed by atoms with van der Waals surface area (Å²) in [7, 11) is -3.27. The highest BCUT2D eigenvalue weighted by atomic mass is 79.9. The quantitative estimate of drug-likeness (QED) is 0.747. The first-order valence-corrected chi connectivity index (χ1v) is 8.18. The van der Waals surface area contributed by atoms with Crippen LogP contribution in [-0.4, -0.2) is 50.4 Å². The van der Waals surface area contributed by atoms with Gasteiger partial charge in [-0.3, -0.25) is 4.79 Å². The molecule has 1 saturated heterocycles. The van der Waals surface area contributed by atoms with E-state index in [1.807, 2.05) is 0 Å². The number of carbonyl (C=O) groups is 1. The van der Waals surface area contributed by atoms with E-state index in [4.69, 9.17) is 4.74 Å². The van der Waals surface area contributed by atoms with Crippen LogP contribution in [0.4, 0.5) is 0 Å². The zero-order chi connectivity index (χ0) is 12.2. The van der Waals surface area contributed by atoms with Crippen molar-refractivity contribution in [3.8, 4) is 0 Å². The van der Waals surface area contributed by atoms with Crippen molar-refractivity contribution in [3.05, 3.63) is 0 Å². The van der Waals surface area contributed by atoms with Gasteiger partial charge >= 0.3 is 0 Å². The molecular formula is C9H16BrNO4S. The van der Waals surface area contributed by atoms with Crippen LogP contribution >= 0.6 is 15.9 Å². The molecule has 0 radical (unpaired) electrons. The van der Waals surface area contributed by atoms with Crippen molar-refractivity contribution in [2.75, 3.05) is 30.6 Å². The Hall–Kier alpha value is -0.140. The van der Waals surface area contributed by atoms with Gasteiger partial charge in [0.05, 0.1) is 5.54 Å². The minimum absolute atomic E-state index is 0.361. The van der Waals surface area contributed by atoms with Gasteiger partial charge in [-0.2, -0.15) is 0 Å². The van der Waals surface area contributed by atoms with Gasteiger partial charge in [-0.15, -0.1) is 0 Å². The molecule has 0 bridgehead atoms. The summed E-state index contributed by atoms with van der Waals surface area (Å²) in [6.07, 6.45) is 2.46. The minimum Gasteiger partial charge on any atom is -0.381 e. The van der Waals surface area contributed by atoms with Gasteiger partial charge < -0.3 is 10.1 Å². The topological polar surface area (TPSA) is 72.5 Å². The van der Waals surface area contributed by atoms with Gasteiger partial charge in [0, 0.05) is 24.8 Å². The lowest BCUT2D eigenvalue weighted by Gasteiger charge is -2.36. The first-order valence-electron chi connectivity index (χ1n) is 4.99. The number of amides is 1. The van der Waals surface area contributed by atoms with Crippen molar-refractivity contribution in [2.45, 2.75) is 18.4 Å². The van der Waals surface area contributed by atoms with Crippen molar-refractivity contribution in [3.63, 3.8) is 0 Å². The van der Waals surface area contributed by atoms with Gasteiger partial charge in [-0.05, 0) is 12.8 Å². The summed E-state index contributed by atoms with van der Waals surface area (Å²) in [6.45, 7) is 1.18. The number of ether oxygens (including phenoxy) is 1. The highest BCUT2D eigenvalue weighted by Gasteiger charge is 2.33. The molecule has 1 aliphatic heterocycles. The van der Waals surface area contributed by atoms with E-state index in [1.54, 1.807) is 0 Å². The number of sulfone groups is 1. The van der Waals surface area contributed by atoms with Gasteiger partial charge in [-0.25, -0.2) is 8.42 Å². The van der Waals surface area contributed by atoms with Crippen LogP contribution in [-0.2, 0) is 19.4 Å². The molecule has 7 heteroatoms. The zero-order valence-corrected chi connectivity index (χ0v) is 11.6. The lowest BCUT2D eigenvalue weighted by Crippen LogP contribution is -2.54. The fourth-order valence-corrected chi connectivity index (χ4v) is 2.87. The van der Waals surface area contributed by atoms with Crippen LogP contribution in [0, 0.1) is 0 Å². The van der Waals surface area contributed by atoms with E-state index in [-0.39, 0.29) is 5.54 Å². The van der Waals surface area contributed by atoms with Crippen molar-refractivity contribution < 1.29 is 17.9 Å². The van der Waals surface area contributed by atoms with E-state index in [1.165, 1.54) is 0 Å². The van der Waals surface area contributed by atoms with E-state index in [9.17, 15) is 13.2 Å². The van der Waals surface area contributed by atoms with Crippen LogP contribution in [0.25, 0.3) is 0 Å². The van der Waals surface area contributed by atoms with Crippen LogP contribution in [0.1, 0.15) is 12.8 Å². The third-order valence-corrected chi connectivity index (χ3v) is 4.36. The Labute approximate surface area is 104 Å². The average Bonchev–Trinajstić information content (AvgIpc) is 2.16. The Balaban J connectivity index is 2.59. The molecular weight excluding hydrogens is 298 g/mol. The second-order valence-electron chi connectivity index (χ2n) is 4.14. The van der Waals surface area contributed by atoms with Gasteiger partial charge in [0.25, 0.3) is 0 Å². The van der Waals surface area contributed by atoms with Crippen molar-refractivity contribution in [2.24, 2.45) is 0 Å². The van der Waals surface area contributed by atoms with Crippen molar-refractivity contribution >= 4 is 31.7 Å². The summed E-state index contributed by atoms with van der Waals surface area (Å²) in [6, 6.07) is 0. The summed E-state index contributed by atoms with van der Waals surface area (Å²) in [4.78, 5) is 11.5. The van der Waals surface area contributed by atoms with Crippen LogP contribution in [0.5, 0.6) is 0 Å². The van der Waals surface area contributed by atoms with Crippen LogP contribution in [0.3, 0.4) is 0 Å². The molecule has 0 unspecified atom stereocenters. The largest absolute Gasteiger partial charge is 0.381 e. The molecule has 1 rings (SSSR count). The van der Waals surface area contributed by atoms with Crippen LogP contribution < -0.4 is 5.32 Å². The molecule has 5 nitrogen and oxygen atoms in total. The number of carbonyl (C=O) groups excluding carboxylic acids is 1. The smallest absolute Gasteiger partial charge is 0.235 e. The van der Waals surface area contributed by atoms with Crippen molar-refractivity contribution in [1.82, 2.24) is 5.32 Å². The number of alkyl halides is 1. The fraction of sp³-hybridized carbons (Fsp3) is 0.889. The van der Waals surface area contributed by atoms with Crippen molar-refractivity contribution in [1.29, 1.82) is 0 Å². The van der Waals surface area contributed by atoms with E-state index in [0.29, 0.717) is 31.4 Å². The number of nitrogens with one attached hydrogen (secondary N) is 1. The monoisotopic (exact) mass is 313 g/mol. The van der Waals surface area contributed by atoms with E-state index in [2.05, 4.69) is 21.2 Å². The fourth-order valence-electron chi connectivity index (χ4n) is 1.62. The molecule has 1 fully saturated rings. The first-order chi connectivity index (χ1) is 7.37. The van der Waals surface area contributed by atoms with Gasteiger partial charge in [0.2, 0.25) is 5.91 Å². The molecule has 0 spiro atoms. The van der Waals surface area contributed by atoms with E-state index < -0.39 is 21.5 Å². The average molecular weight is 314 g/mol. The molecule has 0 aromatic rings. The zero-order valence-electron chi connectivity index (χ0n) is 9.16. The Morgan fingerprint density at radius 1 is 1.44 bits per heavy atom. The normalized spacial score (nSPS) is 20.4. The summed E-state index contributed by atoms with van der Waals surface area (Å²) >= 11 is 3.36. The third-order valence-electron chi connectivity index (χ3n) is 2.50. The predicted octanol–water partition coefficient (Wildman–Crippen LogP) is 0.0913. The standard InChI is InChI=1S/C9H16BrNO4S/c1-16(13,14)6-8(12)11-9(7-10)2-4-15-5-3-9/h2-7H2,1H3,(H,11,12). The summed E-state index contributed by atoms with van der Waals surface area (Å²) in [5, 5.41) is 3.40. The van der Waals surface area contributed by atoms with E-state index in [0.717, 1.165) is 6.26 Å². The van der Waals surface area contributed by atoms with Gasteiger partial charge in [0.1, 0.15) is 5.75 Å². The second kappa shape index (κ2) is 5.46. The molecule has 1 aliphatic rings. The minimum atomic E-state index is -3.27. The maximum Gasteiger partial charge on any atom is 0.235 e. The molecule has 0 atom stereocenters. The summed E-state index contributed by atoms with van der Waals surface area (Å²) < 4.78 is 27.2. The first kappa shape index (κ1) is 13.9. The molecule has 0 saturated carbocycles. The second-order valence-corrected chi connectivity index (χ2v) is 6.85. The Morgan fingerprint density at radius 3 is 2.44 bits per heavy atom. The van der Waals surface area contributed by atoms with Crippen LogP contribution in [0.15, 0.2) is 0 Å². The number of halogens is 1. The lowest BCUT2D eigenvalue weighted by molar-refractivity contribution is -0.121. The Kier molecular flexibility index (Phi) is 4.75.